The second kappa shape index (κ2) is 16.0. The van der Waals surface area contributed by atoms with Crippen molar-refractivity contribution in [2.24, 2.45) is 5.73 Å². The zero-order valence-corrected chi connectivity index (χ0v) is 14.1. The number of nitrogens with two attached hydrogens (primary N) is 1. The van der Waals surface area contributed by atoms with Crippen molar-refractivity contribution in [2.75, 3.05) is 26.2 Å². The highest BCUT2D eigenvalue weighted by Crippen LogP contribution is 1.99. The highest BCUT2D eigenvalue weighted by Gasteiger charge is 2.07. The van der Waals surface area contributed by atoms with E-state index in [-0.39, 0.29) is 36.8 Å². The van der Waals surface area contributed by atoms with E-state index in [4.69, 9.17) is 5.73 Å². The summed E-state index contributed by atoms with van der Waals surface area (Å²) in [5, 5.41) is 2.88. The molecule has 0 radical (unpaired) electrons. The molecule has 0 heterocycles. The fraction of sp³-hybridized carbons (Fsp3) is 0.923. The van der Waals surface area contributed by atoms with Gasteiger partial charge in [0.1, 0.15) is 0 Å². The van der Waals surface area contributed by atoms with Gasteiger partial charge in [0.05, 0.1) is 0 Å². The number of amides is 1. The monoisotopic (exact) mass is 315 g/mol. The molecule has 0 saturated carbocycles. The van der Waals surface area contributed by atoms with E-state index in [0.717, 1.165) is 26.1 Å². The van der Waals surface area contributed by atoms with Crippen LogP contribution in [0.3, 0.4) is 0 Å². The maximum absolute atomic E-state index is 11.5. The van der Waals surface area contributed by atoms with Gasteiger partial charge in [-0.1, -0.05) is 13.8 Å². The first kappa shape index (κ1) is 24.0. The Balaban J connectivity index is -0.00000128. The summed E-state index contributed by atoms with van der Waals surface area (Å²) in [6.07, 6.45) is 3.89. The molecule has 0 aromatic carbocycles. The molecule has 3 N–H and O–H groups in total. The van der Waals surface area contributed by atoms with Gasteiger partial charge >= 0.3 is 0 Å². The van der Waals surface area contributed by atoms with Crippen LogP contribution in [0.25, 0.3) is 0 Å². The number of carbonyl (C=O) groups is 1. The van der Waals surface area contributed by atoms with Gasteiger partial charge in [0, 0.05) is 19.0 Å². The van der Waals surface area contributed by atoms with Crippen LogP contribution in [0.5, 0.6) is 0 Å². The van der Waals surface area contributed by atoms with E-state index in [2.05, 4.69) is 24.1 Å². The molecule has 0 aliphatic heterocycles. The van der Waals surface area contributed by atoms with E-state index < -0.39 is 0 Å². The predicted octanol–water partition coefficient (Wildman–Crippen LogP) is 2.20. The SMILES string of the molecule is CCCN(CCC)CCCC(=O)N[C@@H](C)CN.Cl.Cl. The van der Waals surface area contributed by atoms with Crippen LogP contribution in [-0.4, -0.2) is 43.0 Å². The Morgan fingerprint density at radius 3 is 2.11 bits per heavy atom. The number of hydrogen-bond acceptors (Lipinski definition) is 3. The minimum atomic E-state index is 0. The zero-order valence-electron chi connectivity index (χ0n) is 12.5. The molecular weight excluding hydrogens is 285 g/mol. The number of nitrogens with one attached hydrogen (secondary N) is 1. The third-order valence-electron chi connectivity index (χ3n) is 2.72. The number of carbonyl (C=O) groups excluding carboxylic acids is 1. The van der Waals surface area contributed by atoms with Crippen LogP contribution >= 0.6 is 24.8 Å². The van der Waals surface area contributed by atoms with E-state index in [9.17, 15) is 4.79 Å². The van der Waals surface area contributed by atoms with Crippen molar-refractivity contribution in [3.05, 3.63) is 0 Å². The smallest absolute Gasteiger partial charge is 0.220 e. The minimum Gasteiger partial charge on any atom is -0.352 e. The summed E-state index contributed by atoms with van der Waals surface area (Å²) in [6, 6.07) is 0.0879. The summed E-state index contributed by atoms with van der Waals surface area (Å²) < 4.78 is 0. The lowest BCUT2D eigenvalue weighted by Gasteiger charge is -2.20. The molecule has 0 aromatic heterocycles. The Labute approximate surface area is 130 Å². The maximum atomic E-state index is 11.5. The molecular formula is C13H31Cl2N3O. The molecule has 0 aliphatic carbocycles. The van der Waals surface area contributed by atoms with Crippen LogP contribution in [0.1, 0.15) is 46.5 Å². The lowest BCUT2D eigenvalue weighted by atomic mass is 10.2. The van der Waals surface area contributed by atoms with Crippen molar-refractivity contribution in [1.82, 2.24) is 10.2 Å². The van der Waals surface area contributed by atoms with Crippen LogP contribution in [0.2, 0.25) is 0 Å². The van der Waals surface area contributed by atoms with Crippen LogP contribution < -0.4 is 11.1 Å². The van der Waals surface area contributed by atoms with Crippen LogP contribution in [0.4, 0.5) is 0 Å². The van der Waals surface area contributed by atoms with Gasteiger partial charge < -0.3 is 16.0 Å². The fourth-order valence-corrected chi connectivity index (χ4v) is 1.84. The molecule has 0 fully saturated rings. The van der Waals surface area contributed by atoms with Crippen LogP contribution in [0, 0.1) is 0 Å². The molecule has 0 saturated heterocycles. The van der Waals surface area contributed by atoms with Gasteiger partial charge in [-0.25, -0.2) is 0 Å². The number of rotatable bonds is 10. The largest absolute Gasteiger partial charge is 0.352 e. The minimum absolute atomic E-state index is 0. The van der Waals surface area contributed by atoms with Gasteiger partial charge in [-0.3, -0.25) is 4.79 Å². The Bertz CT molecular complexity index is 200. The Kier molecular flexibility index (Phi) is 20.3. The van der Waals surface area contributed by atoms with E-state index in [1.807, 2.05) is 6.92 Å². The van der Waals surface area contributed by atoms with Crippen molar-refractivity contribution < 1.29 is 4.79 Å². The predicted molar refractivity (Wildman–Crippen MR) is 87.4 cm³/mol. The van der Waals surface area contributed by atoms with Crippen molar-refractivity contribution in [3.8, 4) is 0 Å². The molecule has 0 unspecified atom stereocenters. The molecule has 0 aliphatic rings. The van der Waals surface area contributed by atoms with Crippen molar-refractivity contribution in [3.63, 3.8) is 0 Å². The normalized spacial score (nSPS) is 11.4. The zero-order chi connectivity index (χ0) is 13.1. The summed E-state index contributed by atoms with van der Waals surface area (Å²) >= 11 is 0. The second-order valence-corrected chi connectivity index (χ2v) is 4.65. The second-order valence-electron chi connectivity index (χ2n) is 4.65. The standard InChI is InChI=1S/C13H29N3O.2ClH/c1-4-8-16(9-5-2)10-6-7-13(17)15-12(3)11-14;;/h12H,4-11,14H2,1-3H3,(H,15,17);2*1H/t12-;;/m0../s1. The van der Waals surface area contributed by atoms with Crippen LogP contribution in [-0.2, 0) is 4.79 Å². The summed E-state index contributed by atoms with van der Waals surface area (Å²) in [6.45, 7) is 10.1. The first-order valence-electron chi connectivity index (χ1n) is 6.85. The summed E-state index contributed by atoms with van der Waals surface area (Å²) in [7, 11) is 0. The maximum Gasteiger partial charge on any atom is 0.220 e. The molecule has 1 amide bonds. The van der Waals surface area contributed by atoms with Gasteiger partial charge in [-0.05, 0) is 45.8 Å². The number of hydrogen-bond donors (Lipinski definition) is 2. The lowest BCUT2D eigenvalue weighted by Crippen LogP contribution is -2.38. The topological polar surface area (TPSA) is 58.4 Å². The van der Waals surface area contributed by atoms with E-state index >= 15 is 0 Å². The molecule has 0 aromatic rings. The van der Waals surface area contributed by atoms with Gasteiger partial charge in [-0.2, -0.15) is 0 Å². The van der Waals surface area contributed by atoms with E-state index in [0.29, 0.717) is 13.0 Å². The highest BCUT2D eigenvalue weighted by atomic mass is 35.5. The quantitative estimate of drug-likeness (QED) is 0.649. The first-order chi connectivity index (χ1) is 8.13. The molecule has 0 spiro atoms. The van der Waals surface area contributed by atoms with Crippen molar-refractivity contribution in [1.29, 1.82) is 0 Å². The van der Waals surface area contributed by atoms with Crippen molar-refractivity contribution >= 4 is 30.7 Å². The molecule has 1 atom stereocenters. The van der Waals surface area contributed by atoms with Gasteiger partial charge in [0.15, 0.2) is 0 Å². The fourth-order valence-electron chi connectivity index (χ4n) is 1.84. The molecule has 19 heavy (non-hydrogen) atoms. The molecule has 4 nitrogen and oxygen atoms in total. The molecule has 0 rings (SSSR count). The third kappa shape index (κ3) is 14.2. The average molecular weight is 316 g/mol. The number of nitrogens with zero attached hydrogens (tertiary/aromatic N) is 1. The van der Waals surface area contributed by atoms with Gasteiger partial charge in [-0.15, -0.1) is 24.8 Å². The highest BCUT2D eigenvalue weighted by molar-refractivity contribution is 5.85. The Hall–Kier alpha value is -0.0300. The molecule has 118 valence electrons. The van der Waals surface area contributed by atoms with Crippen LogP contribution in [0.15, 0.2) is 0 Å². The number of halogens is 2. The summed E-state index contributed by atoms with van der Waals surface area (Å²) in [5.41, 5.74) is 5.45. The summed E-state index contributed by atoms with van der Waals surface area (Å²) in [5.74, 6) is 0.121. The summed E-state index contributed by atoms with van der Waals surface area (Å²) in [4.78, 5) is 14.0. The Morgan fingerprint density at radius 2 is 1.68 bits per heavy atom. The third-order valence-corrected chi connectivity index (χ3v) is 2.72. The van der Waals surface area contributed by atoms with E-state index in [1.165, 1.54) is 12.8 Å². The van der Waals surface area contributed by atoms with Gasteiger partial charge in [0.2, 0.25) is 5.91 Å². The van der Waals surface area contributed by atoms with E-state index in [1.54, 1.807) is 0 Å². The molecule has 6 heteroatoms. The Morgan fingerprint density at radius 1 is 1.16 bits per heavy atom. The van der Waals surface area contributed by atoms with Crippen molar-refractivity contribution in [2.45, 2.75) is 52.5 Å². The first-order valence-corrected chi connectivity index (χ1v) is 6.85. The van der Waals surface area contributed by atoms with Gasteiger partial charge in [0.25, 0.3) is 0 Å². The lowest BCUT2D eigenvalue weighted by molar-refractivity contribution is -0.121. The average Bonchev–Trinajstić information content (AvgIpc) is 2.29. The molecule has 0 bridgehead atoms.